The molecule has 112 valence electrons. The third-order valence-corrected chi connectivity index (χ3v) is 3.74. The second kappa shape index (κ2) is 5.70. The highest BCUT2D eigenvalue weighted by atomic mass is 16.5. The van der Waals surface area contributed by atoms with Gasteiger partial charge in [-0.05, 0) is 19.8 Å². The van der Waals surface area contributed by atoms with Gasteiger partial charge in [-0.1, -0.05) is 6.92 Å². The second-order valence-electron chi connectivity index (χ2n) is 5.17. The Hall–Kier alpha value is -1.76. The van der Waals surface area contributed by atoms with Crippen molar-refractivity contribution in [1.29, 1.82) is 0 Å². The van der Waals surface area contributed by atoms with Gasteiger partial charge < -0.3 is 15.8 Å². The van der Waals surface area contributed by atoms with E-state index in [1.54, 1.807) is 0 Å². The first-order chi connectivity index (χ1) is 9.47. The summed E-state index contributed by atoms with van der Waals surface area (Å²) in [6, 6.07) is 0.0394. The molecule has 2 atom stereocenters. The van der Waals surface area contributed by atoms with Crippen molar-refractivity contribution in [3.8, 4) is 0 Å². The molecule has 1 aromatic heterocycles. The van der Waals surface area contributed by atoms with Crippen LogP contribution in [0.4, 0.5) is 11.5 Å². The van der Waals surface area contributed by atoms with Crippen LogP contribution < -0.4 is 22.3 Å². The van der Waals surface area contributed by atoms with Gasteiger partial charge in [-0.15, -0.1) is 0 Å². The molecule has 0 radical (unpaired) electrons. The molecule has 1 saturated heterocycles. The number of ether oxygens (including phenoxy) is 1. The van der Waals surface area contributed by atoms with E-state index in [2.05, 4.69) is 5.32 Å². The Balaban J connectivity index is 2.46. The van der Waals surface area contributed by atoms with E-state index in [-0.39, 0.29) is 29.2 Å². The van der Waals surface area contributed by atoms with Gasteiger partial charge in [0.05, 0.1) is 12.1 Å². The molecule has 2 unspecified atom stereocenters. The topological polar surface area (TPSA) is 91.3 Å². The van der Waals surface area contributed by atoms with E-state index in [0.717, 1.165) is 17.4 Å². The average Bonchev–Trinajstić information content (AvgIpc) is 2.83. The molecule has 0 spiro atoms. The summed E-state index contributed by atoms with van der Waals surface area (Å²) in [6.45, 7) is 5.06. The number of hydrogen-bond donors (Lipinski definition) is 2. The molecule has 2 rings (SSSR count). The standard InChI is InChI=1S/C13H22N4O3/c1-4-6-17-11(14)10(12(18)16(3)13(17)19)15-9-5-7-20-8(9)2/h8-9,15H,4-7,14H2,1-3H3. The van der Waals surface area contributed by atoms with Crippen LogP contribution in [0.5, 0.6) is 0 Å². The Morgan fingerprint density at radius 3 is 2.70 bits per heavy atom. The van der Waals surface area contributed by atoms with Crippen LogP contribution >= 0.6 is 0 Å². The maximum Gasteiger partial charge on any atom is 0.332 e. The highest BCUT2D eigenvalue weighted by Crippen LogP contribution is 2.20. The van der Waals surface area contributed by atoms with Gasteiger partial charge in [0, 0.05) is 20.2 Å². The number of nitrogens with zero attached hydrogens (tertiary/aromatic N) is 2. The third-order valence-electron chi connectivity index (χ3n) is 3.74. The smallest absolute Gasteiger partial charge is 0.332 e. The van der Waals surface area contributed by atoms with Gasteiger partial charge in [0.25, 0.3) is 5.56 Å². The van der Waals surface area contributed by atoms with Crippen molar-refractivity contribution in [2.75, 3.05) is 17.7 Å². The van der Waals surface area contributed by atoms with Gasteiger partial charge in [0.1, 0.15) is 11.5 Å². The summed E-state index contributed by atoms with van der Waals surface area (Å²) in [7, 11) is 1.47. The van der Waals surface area contributed by atoms with Gasteiger partial charge in [-0.2, -0.15) is 0 Å². The average molecular weight is 282 g/mol. The highest BCUT2D eigenvalue weighted by Gasteiger charge is 2.26. The molecule has 1 aromatic rings. The Labute approximate surface area is 117 Å². The van der Waals surface area contributed by atoms with Crippen LogP contribution in [0.2, 0.25) is 0 Å². The van der Waals surface area contributed by atoms with Crippen LogP contribution in [0, 0.1) is 0 Å². The lowest BCUT2D eigenvalue weighted by Crippen LogP contribution is -2.42. The summed E-state index contributed by atoms with van der Waals surface area (Å²) < 4.78 is 8.00. The molecule has 2 heterocycles. The van der Waals surface area contributed by atoms with E-state index in [9.17, 15) is 9.59 Å². The molecular weight excluding hydrogens is 260 g/mol. The molecule has 3 N–H and O–H groups in total. The summed E-state index contributed by atoms with van der Waals surface area (Å²) >= 11 is 0. The van der Waals surface area contributed by atoms with Crippen molar-refractivity contribution < 1.29 is 4.74 Å². The Kier molecular flexibility index (Phi) is 4.17. The fourth-order valence-corrected chi connectivity index (χ4v) is 2.47. The maximum atomic E-state index is 12.2. The molecule has 1 aliphatic heterocycles. The fraction of sp³-hybridized carbons (Fsp3) is 0.692. The number of nitrogen functional groups attached to an aromatic ring is 1. The zero-order chi connectivity index (χ0) is 14.9. The van der Waals surface area contributed by atoms with E-state index in [0.29, 0.717) is 18.8 Å². The van der Waals surface area contributed by atoms with Crippen molar-refractivity contribution in [3.63, 3.8) is 0 Å². The molecule has 0 saturated carbocycles. The van der Waals surface area contributed by atoms with Crippen molar-refractivity contribution in [2.45, 2.75) is 45.4 Å². The Morgan fingerprint density at radius 1 is 1.45 bits per heavy atom. The van der Waals surface area contributed by atoms with E-state index >= 15 is 0 Å². The lowest BCUT2D eigenvalue weighted by atomic mass is 10.1. The van der Waals surface area contributed by atoms with Crippen molar-refractivity contribution >= 4 is 11.5 Å². The fourth-order valence-electron chi connectivity index (χ4n) is 2.47. The number of anilines is 2. The first-order valence-corrected chi connectivity index (χ1v) is 6.94. The van der Waals surface area contributed by atoms with Crippen LogP contribution in [0.15, 0.2) is 9.59 Å². The van der Waals surface area contributed by atoms with Crippen LogP contribution in [0.1, 0.15) is 26.7 Å². The summed E-state index contributed by atoms with van der Waals surface area (Å²) in [4.78, 5) is 24.3. The van der Waals surface area contributed by atoms with Gasteiger partial charge in [-0.25, -0.2) is 4.79 Å². The SMILES string of the molecule is CCCn1c(N)c(NC2CCOC2C)c(=O)n(C)c1=O. The minimum absolute atomic E-state index is 0.0191. The Bertz CT molecular complexity index is 605. The van der Waals surface area contributed by atoms with E-state index in [1.165, 1.54) is 11.6 Å². The van der Waals surface area contributed by atoms with Gasteiger partial charge in [0.15, 0.2) is 0 Å². The van der Waals surface area contributed by atoms with Gasteiger partial charge in [-0.3, -0.25) is 13.9 Å². The largest absolute Gasteiger partial charge is 0.383 e. The quantitative estimate of drug-likeness (QED) is 0.819. The van der Waals surface area contributed by atoms with E-state index in [1.807, 2.05) is 13.8 Å². The normalized spacial score (nSPS) is 22.1. The lowest BCUT2D eigenvalue weighted by molar-refractivity contribution is 0.121. The molecule has 20 heavy (non-hydrogen) atoms. The van der Waals surface area contributed by atoms with Crippen molar-refractivity contribution in [1.82, 2.24) is 9.13 Å². The maximum absolute atomic E-state index is 12.2. The second-order valence-corrected chi connectivity index (χ2v) is 5.17. The number of nitrogens with two attached hydrogens (primary N) is 1. The van der Waals surface area contributed by atoms with E-state index < -0.39 is 0 Å². The molecule has 0 aromatic carbocycles. The molecule has 1 fully saturated rings. The van der Waals surface area contributed by atoms with Crippen LogP contribution in [-0.4, -0.2) is 27.9 Å². The summed E-state index contributed by atoms with van der Waals surface area (Å²) in [5.41, 5.74) is 5.54. The highest BCUT2D eigenvalue weighted by molar-refractivity contribution is 5.61. The monoisotopic (exact) mass is 282 g/mol. The molecular formula is C13H22N4O3. The molecule has 1 aliphatic rings. The van der Waals surface area contributed by atoms with Gasteiger partial charge in [0.2, 0.25) is 0 Å². The summed E-state index contributed by atoms with van der Waals surface area (Å²) in [6.07, 6.45) is 1.60. The third kappa shape index (κ3) is 2.45. The molecule has 7 nitrogen and oxygen atoms in total. The van der Waals surface area contributed by atoms with Crippen molar-refractivity contribution in [2.24, 2.45) is 7.05 Å². The number of aromatic nitrogens is 2. The predicted molar refractivity (Wildman–Crippen MR) is 78.1 cm³/mol. The molecule has 0 amide bonds. The first-order valence-electron chi connectivity index (χ1n) is 6.94. The van der Waals surface area contributed by atoms with Crippen LogP contribution in [0.3, 0.4) is 0 Å². The minimum atomic E-state index is -0.390. The number of nitrogens with one attached hydrogen (secondary N) is 1. The Morgan fingerprint density at radius 2 is 2.15 bits per heavy atom. The van der Waals surface area contributed by atoms with Crippen LogP contribution in [-0.2, 0) is 18.3 Å². The first kappa shape index (κ1) is 14.6. The lowest BCUT2D eigenvalue weighted by Gasteiger charge is -2.20. The zero-order valence-electron chi connectivity index (χ0n) is 12.2. The number of hydrogen-bond acceptors (Lipinski definition) is 5. The summed E-state index contributed by atoms with van der Waals surface area (Å²) in [5.74, 6) is 0.207. The predicted octanol–water partition coefficient (Wildman–Crippen LogP) is 0.129. The molecule has 7 heteroatoms. The summed E-state index contributed by atoms with van der Waals surface area (Å²) in [5, 5.41) is 3.15. The number of rotatable bonds is 4. The molecule has 0 aliphatic carbocycles. The van der Waals surface area contributed by atoms with Crippen LogP contribution in [0.25, 0.3) is 0 Å². The zero-order valence-corrected chi connectivity index (χ0v) is 12.2. The van der Waals surface area contributed by atoms with Gasteiger partial charge >= 0.3 is 5.69 Å². The van der Waals surface area contributed by atoms with E-state index in [4.69, 9.17) is 10.5 Å². The van der Waals surface area contributed by atoms with Crippen molar-refractivity contribution in [3.05, 3.63) is 20.8 Å². The minimum Gasteiger partial charge on any atom is -0.383 e. The molecule has 0 bridgehead atoms.